The topological polar surface area (TPSA) is 80.6 Å². The Kier molecular flexibility index (Phi) is 7.49. The lowest BCUT2D eigenvalue weighted by Gasteiger charge is -2.11. The molecular weight excluding hydrogens is 459 g/mol. The zero-order chi connectivity index (χ0) is 19.8. The quantitative estimate of drug-likeness (QED) is 0.374. The van der Waals surface area contributed by atoms with Crippen molar-refractivity contribution in [2.45, 2.75) is 6.54 Å². The molecule has 0 spiro atoms. The number of nitrogens with one attached hydrogen (secondary N) is 1. The highest BCUT2D eigenvalue weighted by Gasteiger charge is 2.13. The molecule has 7 heteroatoms. The summed E-state index contributed by atoms with van der Waals surface area (Å²) in [6.07, 6.45) is 1.52. The molecule has 2 rings (SSSR count). The van der Waals surface area contributed by atoms with Crippen LogP contribution < -0.4 is 19.5 Å². The first-order chi connectivity index (χ1) is 13.0. The van der Waals surface area contributed by atoms with Crippen LogP contribution in [-0.4, -0.2) is 27.2 Å². The second-order valence-electron chi connectivity index (χ2n) is 5.44. The molecule has 1 N–H and O–H groups in total. The van der Waals surface area contributed by atoms with E-state index in [0.29, 0.717) is 23.6 Å². The molecule has 0 heterocycles. The monoisotopic (exact) mass is 478 g/mol. The smallest absolute Gasteiger partial charge is 0.262 e. The number of benzene rings is 2. The Morgan fingerprint density at radius 2 is 1.85 bits per heavy atom. The molecule has 6 nitrogen and oxygen atoms in total. The summed E-state index contributed by atoms with van der Waals surface area (Å²) in [7, 11) is 4.69. The van der Waals surface area contributed by atoms with Gasteiger partial charge in [0, 0.05) is 6.54 Å². The third kappa shape index (κ3) is 5.37. The summed E-state index contributed by atoms with van der Waals surface area (Å²) in [6, 6.07) is 12.8. The highest BCUT2D eigenvalue weighted by atomic mass is 127. The van der Waals surface area contributed by atoms with Crippen LogP contribution in [0.25, 0.3) is 6.08 Å². The third-order valence-corrected chi connectivity index (χ3v) is 4.55. The molecule has 2 aromatic carbocycles. The number of hydrogen-bond donors (Lipinski definition) is 1. The van der Waals surface area contributed by atoms with E-state index in [0.717, 1.165) is 14.9 Å². The van der Waals surface area contributed by atoms with Crippen LogP contribution in [-0.2, 0) is 11.3 Å². The Hall–Kier alpha value is -2.73. The van der Waals surface area contributed by atoms with Crippen LogP contribution in [0.5, 0.6) is 17.2 Å². The van der Waals surface area contributed by atoms with Crippen molar-refractivity contribution in [2.75, 3.05) is 21.3 Å². The minimum absolute atomic E-state index is 0.00605. The lowest BCUT2D eigenvalue weighted by molar-refractivity contribution is -0.117. The summed E-state index contributed by atoms with van der Waals surface area (Å²) in [4.78, 5) is 12.4. The van der Waals surface area contributed by atoms with Crippen molar-refractivity contribution in [3.8, 4) is 23.3 Å². The van der Waals surface area contributed by atoms with Crippen molar-refractivity contribution < 1.29 is 19.0 Å². The van der Waals surface area contributed by atoms with E-state index < -0.39 is 5.91 Å². The van der Waals surface area contributed by atoms with Gasteiger partial charge in [-0.05, 0) is 64.1 Å². The van der Waals surface area contributed by atoms with Crippen molar-refractivity contribution >= 4 is 34.6 Å². The molecule has 140 valence electrons. The summed E-state index contributed by atoms with van der Waals surface area (Å²) >= 11 is 2.11. The normalized spacial score (nSPS) is 10.7. The minimum atomic E-state index is -0.446. The number of methoxy groups -OCH3 is 3. The molecule has 0 aliphatic heterocycles. The first-order valence-corrected chi connectivity index (χ1v) is 9.04. The van der Waals surface area contributed by atoms with Crippen molar-refractivity contribution in [1.82, 2.24) is 5.32 Å². The maximum absolute atomic E-state index is 12.4. The fourth-order valence-corrected chi connectivity index (χ4v) is 3.20. The Morgan fingerprint density at radius 3 is 2.41 bits per heavy atom. The largest absolute Gasteiger partial charge is 0.497 e. The van der Waals surface area contributed by atoms with Gasteiger partial charge in [-0.15, -0.1) is 0 Å². The van der Waals surface area contributed by atoms with Crippen molar-refractivity contribution in [2.24, 2.45) is 0 Å². The fourth-order valence-electron chi connectivity index (χ4n) is 2.36. The Morgan fingerprint density at radius 1 is 1.15 bits per heavy atom. The van der Waals surface area contributed by atoms with Crippen molar-refractivity contribution in [1.29, 1.82) is 5.26 Å². The molecule has 0 radical (unpaired) electrons. The van der Waals surface area contributed by atoms with Crippen LogP contribution in [0.2, 0.25) is 0 Å². The Labute approximate surface area is 171 Å². The van der Waals surface area contributed by atoms with Crippen LogP contribution in [0.15, 0.2) is 42.0 Å². The van der Waals surface area contributed by atoms with Gasteiger partial charge in [-0.1, -0.05) is 12.1 Å². The summed E-state index contributed by atoms with van der Waals surface area (Å²) in [5, 5.41) is 12.1. The Bertz CT molecular complexity index is 886. The van der Waals surface area contributed by atoms with Crippen molar-refractivity contribution in [3.63, 3.8) is 0 Å². The lowest BCUT2D eigenvalue weighted by atomic mass is 10.1. The van der Waals surface area contributed by atoms with E-state index in [2.05, 4.69) is 27.9 Å². The molecule has 1 amide bonds. The summed E-state index contributed by atoms with van der Waals surface area (Å²) in [5.74, 6) is 1.44. The Balaban J connectivity index is 2.16. The van der Waals surface area contributed by atoms with Gasteiger partial charge in [0.05, 0.1) is 24.9 Å². The summed E-state index contributed by atoms with van der Waals surface area (Å²) in [5.41, 5.74) is 1.59. The van der Waals surface area contributed by atoms with Crippen LogP contribution in [0.1, 0.15) is 11.1 Å². The molecule has 0 atom stereocenters. The number of carbonyl (C=O) groups is 1. The van der Waals surface area contributed by atoms with Gasteiger partial charge in [0.15, 0.2) is 11.5 Å². The fraction of sp³-hybridized carbons (Fsp3) is 0.200. The van der Waals surface area contributed by atoms with Gasteiger partial charge in [0.25, 0.3) is 5.91 Å². The summed E-state index contributed by atoms with van der Waals surface area (Å²) < 4.78 is 16.5. The first-order valence-electron chi connectivity index (χ1n) is 7.96. The van der Waals surface area contributed by atoms with E-state index in [-0.39, 0.29) is 5.57 Å². The molecule has 0 aromatic heterocycles. The first kappa shape index (κ1) is 20.6. The van der Waals surface area contributed by atoms with Crippen LogP contribution in [0, 0.1) is 14.9 Å². The average molecular weight is 478 g/mol. The van der Waals surface area contributed by atoms with Gasteiger partial charge in [0.1, 0.15) is 17.4 Å². The van der Waals surface area contributed by atoms with E-state index >= 15 is 0 Å². The van der Waals surface area contributed by atoms with Crippen molar-refractivity contribution in [3.05, 3.63) is 56.7 Å². The van der Waals surface area contributed by atoms with Gasteiger partial charge < -0.3 is 19.5 Å². The highest BCUT2D eigenvalue weighted by Crippen LogP contribution is 2.34. The molecule has 0 aliphatic rings. The zero-order valence-electron chi connectivity index (χ0n) is 15.2. The summed E-state index contributed by atoms with van der Waals surface area (Å²) in [6.45, 7) is 0.311. The van der Waals surface area contributed by atoms with Crippen LogP contribution in [0.4, 0.5) is 0 Å². The molecular formula is C20H19IN2O4. The SMILES string of the molecule is COc1ccc(CNC(=O)/C(C#N)=C\c2cc(I)c(OC)c(OC)c2)cc1. The molecule has 0 aliphatic carbocycles. The average Bonchev–Trinajstić information content (AvgIpc) is 2.70. The number of halogens is 1. The van der Waals surface area contributed by atoms with Gasteiger partial charge in [-0.3, -0.25) is 4.79 Å². The number of hydrogen-bond acceptors (Lipinski definition) is 5. The molecule has 27 heavy (non-hydrogen) atoms. The van der Waals surface area contributed by atoms with E-state index in [1.165, 1.54) is 13.2 Å². The van der Waals surface area contributed by atoms with Gasteiger partial charge in [0.2, 0.25) is 0 Å². The number of carbonyl (C=O) groups excluding carboxylic acids is 1. The highest BCUT2D eigenvalue weighted by molar-refractivity contribution is 14.1. The van der Waals surface area contributed by atoms with E-state index in [9.17, 15) is 10.1 Å². The molecule has 0 bridgehead atoms. The maximum atomic E-state index is 12.4. The molecule has 0 unspecified atom stereocenters. The molecule has 0 fully saturated rings. The number of nitriles is 1. The van der Waals surface area contributed by atoms with Gasteiger partial charge in [-0.25, -0.2) is 0 Å². The number of rotatable bonds is 7. The van der Waals surface area contributed by atoms with Crippen LogP contribution >= 0.6 is 22.6 Å². The second-order valence-corrected chi connectivity index (χ2v) is 6.60. The molecule has 0 saturated heterocycles. The predicted molar refractivity (Wildman–Crippen MR) is 111 cm³/mol. The predicted octanol–water partition coefficient (Wildman–Crippen LogP) is 3.54. The second kappa shape index (κ2) is 9.83. The lowest BCUT2D eigenvalue weighted by Crippen LogP contribution is -2.23. The number of ether oxygens (including phenoxy) is 3. The molecule has 0 saturated carbocycles. The number of nitrogens with zero attached hydrogens (tertiary/aromatic N) is 1. The van der Waals surface area contributed by atoms with Gasteiger partial charge >= 0.3 is 0 Å². The third-order valence-electron chi connectivity index (χ3n) is 3.74. The zero-order valence-corrected chi connectivity index (χ0v) is 17.4. The number of amides is 1. The van der Waals surface area contributed by atoms with Gasteiger partial charge in [-0.2, -0.15) is 5.26 Å². The maximum Gasteiger partial charge on any atom is 0.262 e. The van der Waals surface area contributed by atoms with E-state index in [1.807, 2.05) is 36.4 Å². The minimum Gasteiger partial charge on any atom is -0.497 e. The van der Waals surface area contributed by atoms with E-state index in [1.54, 1.807) is 20.3 Å². The van der Waals surface area contributed by atoms with E-state index in [4.69, 9.17) is 14.2 Å². The molecule has 2 aromatic rings. The standard InChI is InChI=1S/C20H19IN2O4/c1-25-16-6-4-13(5-7-16)12-23-20(24)15(11-22)8-14-9-17(21)19(27-3)18(10-14)26-2/h4-10H,12H2,1-3H3,(H,23,24)/b15-8-. The van der Waals surface area contributed by atoms with Crippen LogP contribution in [0.3, 0.4) is 0 Å².